The van der Waals surface area contributed by atoms with Crippen LogP contribution >= 0.6 is 31.9 Å². The van der Waals surface area contributed by atoms with Crippen LogP contribution in [-0.2, 0) is 14.2 Å². The van der Waals surface area contributed by atoms with E-state index in [4.69, 9.17) is 29.8 Å². The van der Waals surface area contributed by atoms with E-state index in [1.807, 2.05) is 24.3 Å². The SMILES string of the molecule is COCCOCCOC(=O)c1ccccc1-c1c2ccc(=N)c(Br)c-2oc2c(Br)c(N)ccc12. The number of nitrogen functional groups attached to an aromatic ring is 1. The largest absolute Gasteiger partial charge is 0.460 e. The Morgan fingerprint density at radius 3 is 2.53 bits per heavy atom. The first-order valence-corrected chi connectivity index (χ1v) is 12.0. The van der Waals surface area contributed by atoms with Gasteiger partial charge in [0.25, 0.3) is 0 Å². The van der Waals surface area contributed by atoms with Crippen LogP contribution in [0.25, 0.3) is 33.4 Å². The Bertz CT molecular complexity index is 1390. The van der Waals surface area contributed by atoms with Gasteiger partial charge in [-0.25, -0.2) is 4.79 Å². The normalized spacial score (nSPS) is 11.3. The third kappa shape index (κ3) is 4.74. The zero-order chi connectivity index (χ0) is 24.2. The third-order valence-electron chi connectivity index (χ3n) is 5.28. The van der Waals surface area contributed by atoms with Crippen LogP contribution in [0.1, 0.15) is 10.4 Å². The summed E-state index contributed by atoms with van der Waals surface area (Å²) in [6, 6.07) is 14.4. The van der Waals surface area contributed by atoms with Gasteiger partial charge in [0.05, 0.1) is 39.7 Å². The lowest BCUT2D eigenvalue weighted by Crippen LogP contribution is -2.13. The monoisotopic (exact) mass is 588 g/mol. The minimum absolute atomic E-state index is 0.123. The Morgan fingerprint density at radius 2 is 1.74 bits per heavy atom. The number of benzene rings is 3. The van der Waals surface area contributed by atoms with Crippen LogP contribution in [0.3, 0.4) is 0 Å². The minimum Gasteiger partial charge on any atom is -0.460 e. The number of hydrogen-bond acceptors (Lipinski definition) is 7. The van der Waals surface area contributed by atoms with Gasteiger partial charge in [0, 0.05) is 29.3 Å². The number of hydrogen-bond donors (Lipinski definition) is 2. The number of nitrogens with one attached hydrogen (secondary N) is 1. The maximum absolute atomic E-state index is 13.0. The first-order valence-electron chi connectivity index (χ1n) is 10.4. The average molecular weight is 590 g/mol. The summed E-state index contributed by atoms with van der Waals surface area (Å²) in [6.45, 7) is 1.31. The molecule has 2 aliphatic rings. The standard InChI is InChI=1S/C25H22Br2N2O5/c1-31-10-11-32-12-13-33-25(30)15-5-3-2-4-14(15)20-16-6-8-18(28)21(26)23(16)34-24-17(20)7-9-19(29)22(24)27/h2-9,28H,10-13,29H2,1H3. The van der Waals surface area contributed by atoms with Gasteiger partial charge in [-0.3, -0.25) is 5.41 Å². The molecule has 176 valence electrons. The van der Waals surface area contributed by atoms with Gasteiger partial charge in [0.15, 0.2) is 11.3 Å². The van der Waals surface area contributed by atoms with Crippen LogP contribution < -0.4 is 11.1 Å². The maximum atomic E-state index is 13.0. The van der Waals surface area contributed by atoms with E-state index >= 15 is 0 Å². The molecule has 0 fully saturated rings. The highest BCUT2D eigenvalue weighted by Gasteiger charge is 2.25. The Kier molecular flexibility index (Phi) is 7.67. The second-order valence-electron chi connectivity index (χ2n) is 7.41. The van der Waals surface area contributed by atoms with Gasteiger partial charge in [-0.1, -0.05) is 18.2 Å². The van der Waals surface area contributed by atoms with Crippen molar-refractivity contribution in [3.8, 4) is 22.5 Å². The fourth-order valence-corrected chi connectivity index (χ4v) is 4.51. The topological polar surface area (TPSA) is 108 Å². The number of carbonyl (C=O) groups excluding carboxylic acids is 1. The van der Waals surface area contributed by atoms with Gasteiger partial charge in [0.2, 0.25) is 0 Å². The van der Waals surface area contributed by atoms with Crippen LogP contribution in [0.2, 0.25) is 0 Å². The fraction of sp³-hybridized carbons (Fsp3) is 0.200. The van der Waals surface area contributed by atoms with E-state index in [-0.39, 0.29) is 18.6 Å². The zero-order valence-corrected chi connectivity index (χ0v) is 21.5. The van der Waals surface area contributed by atoms with Gasteiger partial charge in [-0.15, -0.1) is 0 Å². The number of ether oxygens (including phenoxy) is 3. The zero-order valence-electron chi connectivity index (χ0n) is 18.3. The summed E-state index contributed by atoms with van der Waals surface area (Å²) in [5.74, 6) is 0.0229. The fourth-order valence-electron chi connectivity index (χ4n) is 3.65. The molecule has 0 radical (unpaired) electrons. The second-order valence-corrected chi connectivity index (χ2v) is 9.00. The molecule has 0 spiro atoms. The molecule has 1 heterocycles. The number of fused-ring (bicyclic) bond motifs is 2. The summed E-state index contributed by atoms with van der Waals surface area (Å²) in [5, 5.41) is 9.24. The van der Waals surface area contributed by atoms with E-state index in [0.29, 0.717) is 50.3 Å². The molecule has 0 bridgehead atoms. The van der Waals surface area contributed by atoms with E-state index < -0.39 is 5.97 Å². The molecular weight excluding hydrogens is 568 g/mol. The Balaban J connectivity index is 1.84. The second kappa shape index (κ2) is 10.7. The van der Waals surface area contributed by atoms with Crippen LogP contribution in [-0.4, -0.2) is 39.5 Å². The number of anilines is 1. The minimum atomic E-state index is -0.460. The van der Waals surface area contributed by atoms with Crippen molar-refractivity contribution in [3.05, 3.63) is 68.4 Å². The molecule has 0 aromatic heterocycles. The summed E-state index contributed by atoms with van der Waals surface area (Å²) >= 11 is 7.01. The highest BCUT2D eigenvalue weighted by molar-refractivity contribution is 9.11. The molecule has 0 saturated carbocycles. The van der Waals surface area contributed by atoms with Crippen molar-refractivity contribution in [2.24, 2.45) is 0 Å². The van der Waals surface area contributed by atoms with Gasteiger partial charge >= 0.3 is 5.97 Å². The summed E-state index contributed by atoms with van der Waals surface area (Å²) in [5.41, 5.74) is 9.76. The van der Waals surface area contributed by atoms with E-state index in [2.05, 4.69) is 31.9 Å². The summed E-state index contributed by atoms with van der Waals surface area (Å²) in [6.07, 6.45) is 0. The molecule has 3 N–H and O–H groups in total. The molecule has 0 unspecified atom stereocenters. The van der Waals surface area contributed by atoms with E-state index in [1.54, 1.807) is 31.4 Å². The molecule has 1 aliphatic carbocycles. The van der Waals surface area contributed by atoms with E-state index in [0.717, 1.165) is 16.5 Å². The predicted molar refractivity (Wildman–Crippen MR) is 137 cm³/mol. The molecule has 2 aromatic rings. The predicted octanol–water partition coefficient (Wildman–Crippen LogP) is 5.61. The van der Waals surface area contributed by atoms with Crippen molar-refractivity contribution < 1.29 is 23.4 Å². The van der Waals surface area contributed by atoms with Crippen LogP contribution in [0.15, 0.2) is 61.9 Å². The third-order valence-corrected chi connectivity index (χ3v) is 6.88. The molecule has 0 atom stereocenters. The number of nitrogens with two attached hydrogens (primary N) is 1. The molecular formula is C25H22Br2N2O5. The van der Waals surface area contributed by atoms with Crippen LogP contribution in [0.4, 0.5) is 5.69 Å². The van der Waals surface area contributed by atoms with Crippen LogP contribution in [0.5, 0.6) is 0 Å². The quantitative estimate of drug-likeness (QED) is 0.120. The van der Waals surface area contributed by atoms with Gasteiger partial charge in [-0.05, 0) is 67.8 Å². The molecule has 0 saturated heterocycles. The molecule has 9 heteroatoms. The van der Waals surface area contributed by atoms with Gasteiger partial charge < -0.3 is 24.4 Å². The Morgan fingerprint density at radius 1 is 0.971 bits per heavy atom. The molecule has 7 nitrogen and oxygen atoms in total. The number of rotatable bonds is 8. The molecule has 4 rings (SSSR count). The molecule has 1 aliphatic heterocycles. The van der Waals surface area contributed by atoms with Crippen molar-refractivity contribution in [1.82, 2.24) is 0 Å². The Labute approximate surface area is 212 Å². The molecule has 34 heavy (non-hydrogen) atoms. The smallest absolute Gasteiger partial charge is 0.338 e. The molecule has 2 aromatic carbocycles. The number of esters is 1. The van der Waals surface area contributed by atoms with Crippen molar-refractivity contribution in [1.29, 1.82) is 5.41 Å². The molecule has 0 amide bonds. The lowest BCUT2D eigenvalue weighted by Gasteiger charge is -2.19. The lowest BCUT2D eigenvalue weighted by molar-refractivity contribution is 0.0214. The van der Waals surface area contributed by atoms with Crippen molar-refractivity contribution in [2.45, 2.75) is 0 Å². The number of methoxy groups -OCH3 is 1. The Hall–Kier alpha value is -2.72. The lowest BCUT2D eigenvalue weighted by atomic mass is 9.90. The van der Waals surface area contributed by atoms with Crippen molar-refractivity contribution in [3.63, 3.8) is 0 Å². The highest BCUT2D eigenvalue weighted by atomic mass is 79.9. The summed E-state index contributed by atoms with van der Waals surface area (Å²) in [4.78, 5) is 13.0. The van der Waals surface area contributed by atoms with E-state index in [1.165, 1.54) is 0 Å². The first kappa shape index (κ1) is 24.4. The number of halogens is 2. The average Bonchev–Trinajstić information content (AvgIpc) is 2.85. The summed E-state index contributed by atoms with van der Waals surface area (Å²) < 4.78 is 23.1. The van der Waals surface area contributed by atoms with Crippen LogP contribution in [0, 0.1) is 5.41 Å². The maximum Gasteiger partial charge on any atom is 0.338 e. The van der Waals surface area contributed by atoms with Gasteiger partial charge in [-0.2, -0.15) is 0 Å². The van der Waals surface area contributed by atoms with Gasteiger partial charge in [0.1, 0.15) is 6.61 Å². The van der Waals surface area contributed by atoms with Crippen molar-refractivity contribution in [2.75, 3.05) is 39.3 Å². The number of carbonyl (C=O) groups is 1. The van der Waals surface area contributed by atoms with Crippen molar-refractivity contribution >= 4 is 54.5 Å². The van der Waals surface area contributed by atoms with E-state index in [9.17, 15) is 4.79 Å². The first-order chi connectivity index (χ1) is 16.4. The summed E-state index contributed by atoms with van der Waals surface area (Å²) in [7, 11) is 1.60. The highest BCUT2D eigenvalue weighted by Crippen LogP contribution is 2.45.